The monoisotopic (exact) mass is 277 g/mol. The molecule has 0 aliphatic rings. The zero-order valence-corrected chi connectivity index (χ0v) is 10.6. The predicted octanol–water partition coefficient (Wildman–Crippen LogP) is 2.54. The Labute approximate surface area is 110 Å². The molecule has 0 radical (unpaired) electrons. The van der Waals surface area contributed by atoms with Crippen molar-refractivity contribution in [2.75, 3.05) is 26.4 Å². The van der Waals surface area contributed by atoms with Crippen LogP contribution in [0.2, 0.25) is 0 Å². The normalized spacial score (nSPS) is 11.6. The number of alkyl halides is 3. The number of hydrogen-bond donors (Lipinski definition) is 1. The lowest BCUT2D eigenvalue weighted by molar-refractivity contribution is -0.174. The summed E-state index contributed by atoms with van der Waals surface area (Å²) < 4.78 is 45.1. The first kappa shape index (κ1) is 15.8. The third-order valence-electron chi connectivity index (χ3n) is 2.32. The Morgan fingerprint density at radius 1 is 1.05 bits per heavy atom. The third kappa shape index (κ3) is 7.69. The van der Waals surface area contributed by atoms with Crippen LogP contribution in [0.25, 0.3) is 0 Å². The van der Waals surface area contributed by atoms with Gasteiger partial charge in [0.05, 0.1) is 13.2 Å². The molecule has 2 N–H and O–H groups in total. The van der Waals surface area contributed by atoms with Crippen LogP contribution in [0.15, 0.2) is 24.3 Å². The first-order chi connectivity index (χ1) is 9.01. The van der Waals surface area contributed by atoms with Gasteiger partial charge in [0.25, 0.3) is 0 Å². The standard InChI is InChI=1S/C13H18F3NO2/c14-13(15,16)10-18-8-1-9-19-12-4-2-11(3-5-12)6-7-17/h2-5H,1,6-10,17H2. The molecule has 0 saturated heterocycles. The van der Waals surface area contributed by atoms with Crippen LogP contribution in [0.5, 0.6) is 5.75 Å². The van der Waals surface area contributed by atoms with Gasteiger partial charge in [-0.25, -0.2) is 0 Å². The number of halogens is 3. The van der Waals surface area contributed by atoms with Crippen LogP contribution in [-0.2, 0) is 11.2 Å². The summed E-state index contributed by atoms with van der Waals surface area (Å²) in [6.07, 6.45) is -3.04. The molecular weight excluding hydrogens is 259 g/mol. The molecule has 0 atom stereocenters. The van der Waals surface area contributed by atoms with Gasteiger partial charge < -0.3 is 15.2 Å². The molecule has 0 spiro atoms. The molecule has 1 rings (SSSR count). The van der Waals surface area contributed by atoms with Gasteiger partial charge in [0.2, 0.25) is 0 Å². The number of benzene rings is 1. The van der Waals surface area contributed by atoms with Crippen molar-refractivity contribution in [3.8, 4) is 5.75 Å². The first-order valence-corrected chi connectivity index (χ1v) is 6.07. The van der Waals surface area contributed by atoms with Gasteiger partial charge >= 0.3 is 6.18 Å². The van der Waals surface area contributed by atoms with E-state index in [9.17, 15) is 13.2 Å². The number of rotatable bonds is 8. The number of ether oxygens (including phenoxy) is 2. The van der Waals surface area contributed by atoms with E-state index in [0.29, 0.717) is 25.3 Å². The summed E-state index contributed by atoms with van der Waals surface area (Å²) in [5.41, 5.74) is 6.56. The van der Waals surface area contributed by atoms with E-state index >= 15 is 0 Å². The van der Waals surface area contributed by atoms with Gasteiger partial charge in [-0.05, 0) is 30.7 Å². The zero-order valence-electron chi connectivity index (χ0n) is 10.6. The molecule has 3 nitrogen and oxygen atoms in total. The maximum atomic E-state index is 11.8. The maximum Gasteiger partial charge on any atom is 0.411 e. The lowest BCUT2D eigenvalue weighted by atomic mass is 10.1. The molecule has 0 fully saturated rings. The van der Waals surface area contributed by atoms with E-state index in [4.69, 9.17) is 10.5 Å². The minimum absolute atomic E-state index is 0.0325. The quantitative estimate of drug-likeness (QED) is 0.743. The van der Waals surface area contributed by atoms with Gasteiger partial charge in [0, 0.05) is 6.42 Å². The SMILES string of the molecule is NCCc1ccc(OCCCOCC(F)(F)F)cc1. The van der Waals surface area contributed by atoms with Crippen LogP contribution in [0, 0.1) is 0 Å². The topological polar surface area (TPSA) is 44.5 Å². The van der Waals surface area contributed by atoms with Crippen molar-refractivity contribution < 1.29 is 22.6 Å². The van der Waals surface area contributed by atoms with E-state index in [2.05, 4.69) is 4.74 Å². The smallest absolute Gasteiger partial charge is 0.411 e. The summed E-state index contributed by atoms with van der Waals surface area (Å²) in [7, 11) is 0. The van der Waals surface area contributed by atoms with Crippen LogP contribution < -0.4 is 10.5 Å². The van der Waals surface area contributed by atoms with Crippen molar-refractivity contribution in [3.05, 3.63) is 29.8 Å². The third-order valence-corrected chi connectivity index (χ3v) is 2.32. The second-order valence-corrected chi connectivity index (χ2v) is 4.05. The molecule has 1 aromatic rings. The van der Waals surface area contributed by atoms with E-state index in [0.717, 1.165) is 12.0 Å². The van der Waals surface area contributed by atoms with Crippen LogP contribution in [0.4, 0.5) is 13.2 Å². The van der Waals surface area contributed by atoms with Crippen molar-refractivity contribution in [1.82, 2.24) is 0 Å². The molecule has 1 aromatic carbocycles. The summed E-state index contributed by atoms with van der Waals surface area (Å²) in [5, 5.41) is 0. The molecule has 0 heterocycles. The molecule has 0 unspecified atom stereocenters. The van der Waals surface area contributed by atoms with Crippen LogP contribution in [0.1, 0.15) is 12.0 Å². The minimum atomic E-state index is -4.26. The summed E-state index contributed by atoms with van der Waals surface area (Å²) >= 11 is 0. The lowest BCUT2D eigenvalue weighted by Gasteiger charge is -2.09. The van der Waals surface area contributed by atoms with E-state index in [1.165, 1.54) is 0 Å². The second-order valence-electron chi connectivity index (χ2n) is 4.05. The highest BCUT2D eigenvalue weighted by Crippen LogP contribution is 2.15. The van der Waals surface area contributed by atoms with Crippen molar-refractivity contribution >= 4 is 0 Å². The van der Waals surface area contributed by atoms with E-state index in [1.807, 2.05) is 24.3 Å². The molecule has 0 aliphatic heterocycles. The van der Waals surface area contributed by atoms with E-state index in [1.54, 1.807) is 0 Å². The van der Waals surface area contributed by atoms with Crippen molar-refractivity contribution in [2.45, 2.75) is 19.0 Å². The Balaban J connectivity index is 2.12. The van der Waals surface area contributed by atoms with Gasteiger partial charge in [0.1, 0.15) is 12.4 Å². The average molecular weight is 277 g/mol. The van der Waals surface area contributed by atoms with Gasteiger partial charge in [0.15, 0.2) is 0 Å². The summed E-state index contributed by atoms with van der Waals surface area (Å²) in [5.74, 6) is 0.691. The van der Waals surface area contributed by atoms with Crippen molar-refractivity contribution in [2.24, 2.45) is 5.73 Å². The fourth-order valence-electron chi connectivity index (χ4n) is 1.46. The zero-order chi connectivity index (χ0) is 14.1. The molecule has 0 aromatic heterocycles. The highest BCUT2D eigenvalue weighted by Gasteiger charge is 2.27. The molecule has 0 bridgehead atoms. The summed E-state index contributed by atoms with van der Waals surface area (Å²) in [6.45, 7) is -0.254. The molecule has 19 heavy (non-hydrogen) atoms. The largest absolute Gasteiger partial charge is 0.494 e. The molecule has 6 heteroatoms. The Kier molecular flexibility index (Phi) is 6.66. The summed E-state index contributed by atoms with van der Waals surface area (Å²) in [4.78, 5) is 0. The predicted molar refractivity (Wildman–Crippen MR) is 66.2 cm³/mol. The van der Waals surface area contributed by atoms with Crippen LogP contribution >= 0.6 is 0 Å². The van der Waals surface area contributed by atoms with Gasteiger partial charge in [-0.15, -0.1) is 0 Å². The van der Waals surface area contributed by atoms with Crippen LogP contribution in [-0.4, -0.2) is 32.5 Å². The average Bonchev–Trinajstić information content (AvgIpc) is 2.35. The van der Waals surface area contributed by atoms with Crippen LogP contribution in [0.3, 0.4) is 0 Å². The van der Waals surface area contributed by atoms with Crippen molar-refractivity contribution in [1.29, 1.82) is 0 Å². The first-order valence-electron chi connectivity index (χ1n) is 6.07. The highest BCUT2D eigenvalue weighted by atomic mass is 19.4. The minimum Gasteiger partial charge on any atom is -0.494 e. The van der Waals surface area contributed by atoms with Gasteiger partial charge in [-0.3, -0.25) is 0 Å². The number of nitrogens with two attached hydrogens (primary N) is 1. The summed E-state index contributed by atoms with van der Waals surface area (Å²) in [6, 6.07) is 7.48. The van der Waals surface area contributed by atoms with E-state index in [-0.39, 0.29) is 6.61 Å². The van der Waals surface area contributed by atoms with Crippen molar-refractivity contribution in [3.63, 3.8) is 0 Å². The maximum absolute atomic E-state index is 11.8. The molecule has 108 valence electrons. The molecular formula is C13H18F3NO2. The Hall–Kier alpha value is -1.27. The van der Waals surface area contributed by atoms with E-state index < -0.39 is 12.8 Å². The fourth-order valence-corrected chi connectivity index (χ4v) is 1.46. The lowest BCUT2D eigenvalue weighted by Crippen LogP contribution is -2.18. The van der Waals surface area contributed by atoms with Gasteiger partial charge in [-0.2, -0.15) is 13.2 Å². The van der Waals surface area contributed by atoms with Gasteiger partial charge in [-0.1, -0.05) is 12.1 Å². The second kappa shape index (κ2) is 8.01. The molecule has 0 amide bonds. The number of hydrogen-bond acceptors (Lipinski definition) is 3. The fraction of sp³-hybridized carbons (Fsp3) is 0.538. The highest BCUT2D eigenvalue weighted by molar-refractivity contribution is 5.27. The molecule has 0 saturated carbocycles. The Morgan fingerprint density at radius 2 is 1.74 bits per heavy atom. The Morgan fingerprint density at radius 3 is 2.32 bits per heavy atom. The Bertz CT molecular complexity index is 352. The molecule has 0 aliphatic carbocycles.